The number of aryl methyl sites for hydroxylation is 2. The Kier molecular flexibility index (Phi) is 6.08. The van der Waals surface area contributed by atoms with Gasteiger partial charge in [-0.2, -0.15) is 0 Å². The van der Waals surface area contributed by atoms with E-state index in [1.54, 1.807) is 0 Å². The number of aromatic nitrogens is 2. The number of ether oxygens (including phenoxy) is 1. The Morgan fingerprint density at radius 1 is 1.24 bits per heavy atom. The number of hydrogen-bond donors (Lipinski definition) is 1. The fourth-order valence-electron chi connectivity index (χ4n) is 2.72. The summed E-state index contributed by atoms with van der Waals surface area (Å²) in [5, 5.41) is 3.43. The minimum absolute atomic E-state index is 0.00779. The van der Waals surface area contributed by atoms with Crippen molar-refractivity contribution < 1.29 is 4.74 Å². The molecule has 0 aromatic carbocycles. The standard InChI is InChI=1S/C16H28N4O/c1-5-7-17-8-6-14-12(2)18-16(19-13(14)3)15-11-20(4)9-10-21-15/h15,17H,5-11H2,1-4H3. The van der Waals surface area contributed by atoms with Gasteiger partial charge in [-0.3, -0.25) is 0 Å². The van der Waals surface area contributed by atoms with Gasteiger partial charge in [0.05, 0.1) is 6.61 Å². The molecule has 1 aromatic rings. The van der Waals surface area contributed by atoms with E-state index in [2.05, 4.69) is 38.0 Å². The minimum atomic E-state index is 0.00779. The van der Waals surface area contributed by atoms with E-state index in [4.69, 9.17) is 14.7 Å². The average molecular weight is 292 g/mol. The van der Waals surface area contributed by atoms with E-state index in [0.717, 1.165) is 56.4 Å². The van der Waals surface area contributed by atoms with Crippen LogP contribution in [-0.2, 0) is 11.2 Å². The predicted molar refractivity (Wildman–Crippen MR) is 84.6 cm³/mol. The summed E-state index contributed by atoms with van der Waals surface area (Å²) in [6, 6.07) is 0. The molecule has 118 valence electrons. The highest BCUT2D eigenvalue weighted by Crippen LogP contribution is 2.21. The minimum Gasteiger partial charge on any atom is -0.368 e. The predicted octanol–water partition coefficient (Wildman–Crippen LogP) is 1.64. The van der Waals surface area contributed by atoms with Gasteiger partial charge in [0.1, 0.15) is 6.10 Å². The lowest BCUT2D eigenvalue weighted by Crippen LogP contribution is -2.36. The molecule has 0 bridgehead atoms. The van der Waals surface area contributed by atoms with Gasteiger partial charge >= 0.3 is 0 Å². The quantitative estimate of drug-likeness (QED) is 0.808. The van der Waals surface area contributed by atoms with E-state index in [1.165, 1.54) is 12.0 Å². The van der Waals surface area contributed by atoms with E-state index in [1.807, 2.05) is 0 Å². The summed E-state index contributed by atoms with van der Waals surface area (Å²) in [6.45, 7) is 11.0. The third kappa shape index (κ3) is 4.46. The zero-order valence-electron chi connectivity index (χ0n) is 13.8. The average Bonchev–Trinajstić information content (AvgIpc) is 2.45. The second kappa shape index (κ2) is 7.82. The molecule has 0 spiro atoms. The molecule has 0 radical (unpaired) electrons. The van der Waals surface area contributed by atoms with Gasteiger partial charge in [-0.1, -0.05) is 6.92 Å². The van der Waals surface area contributed by atoms with Crippen LogP contribution in [0, 0.1) is 13.8 Å². The number of likely N-dealkylation sites (N-methyl/N-ethyl adjacent to an activating group) is 1. The van der Waals surface area contributed by atoms with E-state index < -0.39 is 0 Å². The van der Waals surface area contributed by atoms with Crippen molar-refractivity contribution in [3.8, 4) is 0 Å². The number of rotatable bonds is 6. The summed E-state index contributed by atoms with van der Waals surface area (Å²) >= 11 is 0. The van der Waals surface area contributed by atoms with Crippen molar-refractivity contribution in [3.05, 3.63) is 22.8 Å². The molecule has 1 atom stereocenters. The summed E-state index contributed by atoms with van der Waals surface area (Å²) in [7, 11) is 2.11. The van der Waals surface area contributed by atoms with Gasteiger partial charge in [0.15, 0.2) is 5.82 Å². The Labute approximate surface area is 128 Å². The smallest absolute Gasteiger partial charge is 0.158 e. The summed E-state index contributed by atoms with van der Waals surface area (Å²) < 4.78 is 5.82. The number of morpholine rings is 1. The molecule has 2 heterocycles. The van der Waals surface area contributed by atoms with Crippen LogP contribution >= 0.6 is 0 Å². The normalized spacial score (nSPS) is 19.9. The van der Waals surface area contributed by atoms with Crippen LogP contribution in [0.25, 0.3) is 0 Å². The van der Waals surface area contributed by atoms with E-state index >= 15 is 0 Å². The number of nitrogens with zero attached hydrogens (tertiary/aromatic N) is 3. The van der Waals surface area contributed by atoms with Crippen molar-refractivity contribution in [2.75, 3.05) is 39.8 Å². The van der Waals surface area contributed by atoms with Crippen molar-refractivity contribution in [2.45, 2.75) is 39.7 Å². The largest absolute Gasteiger partial charge is 0.368 e. The van der Waals surface area contributed by atoms with Crippen LogP contribution in [0.2, 0.25) is 0 Å². The van der Waals surface area contributed by atoms with Crippen molar-refractivity contribution >= 4 is 0 Å². The highest BCUT2D eigenvalue weighted by molar-refractivity contribution is 5.25. The molecule has 1 fully saturated rings. The molecule has 1 aromatic heterocycles. The topological polar surface area (TPSA) is 50.3 Å². The second-order valence-electron chi connectivity index (χ2n) is 5.85. The first-order valence-corrected chi connectivity index (χ1v) is 7.96. The highest BCUT2D eigenvalue weighted by atomic mass is 16.5. The zero-order valence-corrected chi connectivity index (χ0v) is 13.8. The molecule has 2 rings (SSSR count). The van der Waals surface area contributed by atoms with Crippen molar-refractivity contribution in [1.29, 1.82) is 0 Å². The van der Waals surface area contributed by atoms with E-state index in [-0.39, 0.29) is 6.10 Å². The molecule has 1 aliphatic heterocycles. The van der Waals surface area contributed by atoms with Gasteiger partial charge in [0.2, 0.25) is 0 Å². The summed E-state index contributed by atoms with van der Waals surface area (Å²) in [5.74, 6) is 0.835. The summed E-state index contributed by atoms with van der Waals surface area (Å²) in [6.07, 6.45) is 2.16. The molecule has 0 aliphatic carbocycles. The SMILES string of the molecule is CCCNCCc1c(C)nc(C2CN(C)CCO2)nc1C. The summed E-state index contributed by atoms with van der Waals surface area (Å²) in [4.78, 5) is 11.7. The molecule has 0 amide bonds. The van der Waals surface area contributed by atoms with Crippen LogP contribution in [0.4, 0.5) is 0 Å². The number of hydrogen-bond acceptors (Lipinski definition) is 5. The Hall–Kier alpha value is -1.04. The highest BCUT2D eigenvalue weighted by Gasteiger charge is 2.23. The van der Waals surface area contributed by atoms with Gasteiger partial charge < -0.3 is 15.0 Å². The van der Waals surface area contributed by atoms with Gasteiger partial charge in [-0.25, -0.2) is 9.97 Å². The van der Waals surface area contributed by atoms with Crippen molar-refractivity contribution in [1.82, 2.24) is 20.2 Å². The Morgan fingerprint density at radius 3 is 2.57 bits per heavy atom. The third-order valence-electron chi connectivity index (χ3n) is 3.97. The van der Waals surface area contributed by atoms with Gasteiger partial charge in [-0.15, -0.1) is 0 Å². The molecule has 1 unspecified atom stereocenters. The molecule has 5 nitrogen and oxygen atoms in total. The first kappa shape index (κ1) is 16.3. The molecular weight excluding hydrogens is 264 g/mol. The van der Waals surface area contributed by atoms with Crippen molar-refractivity contribution in [3.63, 3.8) is 0 Å². The second-order valence-corrected chi connectivity index (χ2v) is 5.85. The van der Waals surface area contributed by atoms with Gasteiger partial charge in [-0.05, 0) is 52.4 Å². The van der Waals surface area contributed by atoms with Crippen LogP contribution in [0.3, 0.4) is 0 Å². The van der Waals surface area contributed by atoms with Crippen LogP contribution < -0.4 is 5.32 Å². The third-order valence-corrected chi connectivity index (χ3v) is 3.97. The molecule has 1 aliphatic rings. The fourth-order valence-corrected chi connectivity index (χ4v) is 2.72. The molecule has 0 saturated carbocycles. The Balaban J connectivity index is 2.05. The lowest BCUT2D eigenvalue weighted by Gasteiger charge is -2.29. The molecular formula is C16H28N4O. The first-order chi connectivity index (χ1) is 10.1. The maximum absolute atomic E-state index is 5.82. The Morgan fingerprint density at radius 2 is 1.95 bits per heavy atom. The van der Waals surface area contributed by atoms with E-state index in [9.17, 15) is 0 Å². The maximum atomic E-state index is 5.82. The molecule has 21 heavy (non-hydrogen) atoms. The lowest BCUT2D eigenvalue weighted by atomic mass is 10.1. The van der Waals surface area contributed by atoms with Crippen LogP contribution in [0.5, 0.6) is 0 Å². The molecule has 1 N–H and O–H groups in total. The maximum Gasteiger partial charge on any atom is 0.158 e. The lowest BCUT2D eigenvalue weighted by molar-refractivity contribution is -0.0256. The van der Waals surface area contributed by atoms with Gasteiger partial charge in [0.25, 0.3) is 0 Å². The monoisotopic (exact) mass is 292 g/mol. The first-order valence-electron chi connectivity index (χ1n) is 7.96. The van der Waals surface area contributed by atoms with Crippen LogP contribution in [-0.4, -0.2) is 54.7 Å². The van der Waals surface area contributed by atoms with Gasteiger partial charge in [0, 0.05) is 24.5 Å². The van der Waals surface area contributed by atoms with Crippen molar-refractivity contribution in [2.24, 2.45) is 0 Å². The molecule has 1 saturated heterocycles. The fraction of sp³-hybridized carbons (Fsp3) is 0.750. The van der Waals surface area contributed by atoms with Crippen LogP contribution in [0.1, 0.15) is 42.2 Å². The zero-order chi connectivity index (χ0) is 15.2. The Bertz CT molecular complexity index is 441. The molecule has 5 heteroatoms. The van der Waals surface area contributed by atoms with E-state index in [0.29, 0.717) is 0 Å². The van der Waals surface area contributed by atoms with Crippen LogP contribution in [0.15, 0.2) is 0 Å². The summed E-state index contributed by atoms with van der Waals surface area (Å²) in [5.41, 5.74) is 3.45. The number of nitrogens with one attached hydrogen (secondary N) is 1.